The third-order valence-corrected chi connectivity index (χ3v) is 3.63. The summed E-state index contributed by atoms with van der Waals surface area (Å²) >= 11 is 0. The number of fused-ring (bicyclic) bond motifs is 2. The van der Waals surface area contributed by atoms with E-state index in [2.05, 4.69) is 24.3 Å². The summed E-state index contributed by atoms with van der Waals surface area (Å²) in [5.41, 5.74) is 4.32. The number of amides is 1. The normalized spacial score (nSPS) is 15.0. The molecule has 0 bridgehead atoms. The van der Waals surface area contributed by atoms with Gasteiger partial charge in [-0.15, -0.1) is 0 Å². The molecule has 2 nitrogen and oxygen atoms in total. The van der Waals surface area contributed by atoms with Gasteiger partial charge in [0.15, 0.2) is 0 Å². The van der Waals surface area contributed by atoms with E-state index in [0.29, 0.717) is 6.54 Å². The average molecular weight is 275 g/mol. The number of rotatable bonds is 1. The Balaban J connectivity index is 2.16. The second-order valence-corrected chi connectivity index (χ2v) is 5.02. The highest BCUT2D eigenvalue weighted by atomic mass is 16.2. The van der Waals surface area contributed by atoms with Gasteiger partial charge in [0, 0.05) is 0 Å². The molecule has 0 aromatic heterocycles. The Morgan fingerprint density at radius 3 is 2.48 bits per heavy atom. The number of carbonyl (C=O) groups excluding carboxylic acids is 1. The second-order valence-electron chi connectivity index (χ2n) is 5.02. The van der Waals surface area contributed by atoms with Crippen LogP contribution in [0.15, 0.2) is 60.7 Å². The molecule has 0 atom stereocenters. The predicted octanol–water partition coefficient (Wildman–Crippen LogP) is 4.28. The molecule has 0 radical (unpaired) electrons. The molecule has 0 unspecified atom stereocenters. The third-order valence-electron chi connectivity index (χ3n) is 3.63. The molecule has 0 N–H and O–H groups in total. The topological polar surface area (TPSA) is 20.3 Å². The molecule has 2 aromatic rings. The fraction of sp³-hybridized carbons (Fsp3) is 0.105. The molecule has 1 aliphatic rings. The largest absolute Gasteiger partial charge is 0.304 e. The molecule has 3 rings (SSSR count). The van der Waals surface area contributed by atoms with Crippen LogP contribution in [0.3, 0.4) is 0 Å². The fourth-order valence-corrected chi connectivity index (χ4v) is 2.58. The monoisotopic (exact) mass is 275 g/mol. The lowest BCUT2D eigenvalue weighted by Gasteiger charge is -2.26. The van der Waals surface area contributed by atoms with Crippen molar-refractivity contribution < 1.29 is 4.79 Å². The minimum absolute atomic E-state index is 0.00931. The fourth-order valence-electron chi connectivity index (χ4n) is 2.58. The Hall–Kier alpha value is -2.61. The van der Waals surface area contributed by atoms with E-state index in [1.807, 2.05) is 48.2 Å². The molecular weight excluding hydrogens is 258 g/mol. The summed E-state index contributed by atoms with van der Waals surface area (Å²) in [5, 5.41) is 0. The second kappa shape index (κ2) is 5.80. The Morgan fingerprint density at radius 1 is 1.00 bits per heavy atom. The van der Waals surface area contributed by atoms with Crippen molar-refractivity contribution in [1.82, 2.24) is 0 Å². The Labute approximate surface area is 125 Å². The highest BCUT2D eigenvalue weighted by molar-refractivity contribution is 6.03. The molecule has 0 spiro atoms. The number of para-hydroxylation sites is 1. The van der Waals surface area contributed by atoms with Crippen molar-refractivity contribution >= 4 is 23.7 Å². The molecule has 0 aliphatic carbocycles. The number of anilines is 1. The number of benzene rings is 2. The van der Waals surface area contributed by atoms with E-state index < -0.39 is 0 Å². The van der Waals surface area contributed by atoms with E-state index in [9.17, 15) is 4.79 Å². The van der Waals surface area contributed by atoms with Gasteiger partial charge in [-0.3, -0.25) is 4.79 Å². The standard InChI is InChI=1S/C19H17NO/c1-2-7-19(21)20-14-17-10-4-3-8-15(17)12-13-16-9-5-6-11-18(16)20/h2-13H,14H2,1H3/b7-2-,13-12-. The van der Waals surface area contributed by atoms with Crippen LogP contribution in [0.1, 0.15) is 23.6 Å². The Morgan fingerprint density at radius 2 is 1.67 bits per heavy atom. The van der Waals surface area contributed by atoms with Gasteiger partial charge < -0.3 is 4.90 Å². The number of allylic oxidation sites excluding steroid dienone is 1. The molecule has 1 heterocycles. The lowest BCUT2D eigenvalue weighted by molar-refractivity contribution is -0.114. The minimum atomic E-state index is 0.00931. The van der Waals surface area contributed by atoms with Gasteiger partial charge in [-0.1, -0.05) is 60.7 Å². The maximum absolute atomic E-state index is 12.5. The SMILES string of the molecule is C/C=C\C(=O)N1Cc2ccccc2/C=C\c2ccccc21. The Bertz CT molecular complexity index is 728. The van der Waals surface area contributed by atoms with E-state index in [-0.39, 0.29) is 5.91 Å². The van der Waals surface area contributed by atoms with Crippen molar-refractivity contribution in [1.29, 1.82) is 0 Å². The maximum Gasteiger partial charge on any atom is 0.250 e. The van der Waals surface area contributed by atoms with Gasteiger partial charge >= 0.3 is 0 Å². The molecule has 2 heteroatoms. The van der Waals surface area contributed by atoms with Crippen LogP contribution in [0.5, 0.6) is 0 Å². The summed E-state index contributed by atoms with van der Waals surface area (Å²) in [6, 6.07) is 16.2. The third kappa shape index (κ3) is 2.65. The number of hydrogen-bond donors (Lipinski definition) is 0. The van der Waals surface area contributed by atoms with E-state index >= 15 is 0 Å². The average Bonchev–Trinajstić information content (AvgIpc) is 2.50. The van der Waals surface area contributed by atoms with Crippen molar-refractivity contribution in [3.63, 3.8) is 0 Å². The molecule has 0 fully saturated rings. The predicted molar refractivity (Wildman–Crippen MR) is 87.8 cm³/mol. The van der Waals surface area contributed by atoms with Crippen molar-refractivity contribution in [2.75, 3.05) is 4.90 Å². The first-order valence-electron chi connectivity index (χ1n) is 7.09. The molecule has 1 amide bonds. The van der Waals surface area contributed by atoms with Crippen molar-refractivity contribution in [2.24, 2.45) is 0 Å². The van der Waals surface area contributed by atoms with Crippen LogP contribution in [0.25, 0.3) is 12.2 Å². The zero-order chi connectivity index (χ0) is 14.7. The minimum Gasteiger partial charge on any atom is -0.304 e. The van der Waals surface area contributed by atoms with E-state index in [1.165, 1.54) is 0 Å². The number of hydrogen-bond acceptors (Lipinski definition) is 1. The zero-order valence-electron chi connectivity index (χ0n) is 12.0. The molecule has 21 heavy (non-hydrogen) atoms. The molecule has 0 saturated heterocycles. The smallest absolute Gasteiger partial charge is 0.250 e. The zero-order valence-corrected chi connectivity index (χ0v) is 12.0. The van der Waals surface area contributed by atoms with Gasteiger partial charge in [0.25, 0.3) is 5.91 Å². The summed E-state index contributed by atoms with van der Waals surface area (Å²) in [7, 11) is 0. The summed E-state index contributed by atoms with van der Waals surface area (Å²) in [6.45, 7) is 2.45. The van der Waals surface area contributed by atoms with Crippen LogP contribution >= 0.6 is 0 Å². The lowest BCUT2D eigenvalue weighted by atomic mass is 10.0. The first kappa shape index (κ1) is 13.4. The molecule has 1 aliphatic heterocycles. The Kier molecular flexibility index (Phi) is 3.69. The summed E-state index contributed by atoms with van der Waals surface area (Å²) in [6.07, 6.45) is 7.59. The van der Waals surface area contributed by atoms with Gasteiger partial charge in [0.1, 0.15) is 0 Å². The molecule has 104 valence electrons. The van der Waals surface area contributed by atoms with Crippen LogP contribution in [0, 0.1) is 0 Å². The van der Waals surface area contributed by atoms with Gasteiger partial charge in [0.2, 0.25) is 0 Å². The van der Waals surface area contributed by atoms with Crippen LogP contribution < -0.4 is 4.90 Å². The molecule has 2 aromatic carbocycles. The van der Waals surface area contributed by atoms with E-state index in [1.54, 1.807) is 12.2 Å². The lowest BCUT2D eigenvalue weighted by Crippen LogP contribution is -2.30. The molecular formula is C19H17NO. The highest BCUT2D eigenvalue weighted by Gasteiger charge is 2.18. The van der Waals surface area contributed by atoms with Crippen LogP contribution in [-0.4, -0.2) is 5.91 Å². The summed E-state index contributed by atoms with van der Waals surface area (Å²) in [4.78, 5) is 14.3. The van der Waals surface area contributed by atoms with E-state index in [0.717, 1.165) is 22.4 Å². The van der Waals surface area contributed by atoms with Gasteiger partial charge in [-0.05, 0) is 35.8 Å². The quantitative estimate of drug-likeness (QED) is 0.711. The van der Waals surface area contributed by atoms with Gasteiger partial charge in [0.05, 0.1) is 12.2 Å². The van der Waals surface area contributed by atoms with Crippen molar-refractivity contribution in [3.8, 4) is 0 Å². The van der Waals surface area contributed by atoms with Gasteiger partial charge in [-0.2, -0.15) is 0 Å². The van der Waals surface area contributed by atoms with Crippen molar-refractivity contribution in [3.05, 3.63) is 77.4 Å². The van der Waals surface area contributed by atoms with Crippen molar-refractivity contribution in [2.45, 2.75) is 13.5 Å². The molecule has 0 saturated carbocycles. The first-order chi connectivity index (χ1) is 10.3. The van der Waals surface area contributed by atoms with Crippen LogP contribution in [0.2, 0.25) is 0 Å². The maximum atomic E-state index is 12.5. The summed E-state index contributed by atoms with van der Waals surface area (Å²) < 4.78 is 0. The van der Waals surface area contributed by atoms with Gasteiger partial charge in [-0.25, -0.2) is 0 Å². The van der Waals surface area contributed by atoms with Crippen LogP contribution in [-0.2, 0) is 11.3 Å². The highest BCUT2D eigenvalue weighted by Crippen LogP contribution is 2.28. The summed E-state index contributed by atoms with van der Waals surface area (Å²) in [5.74, 6) is 0.00931. The first-order valence-corrected chi connectivity index (χ1v) is 7.09. The van der Waals surface area contributed by atoms with Crippen LogP contribution in [0.4, 0.5) is 5.69 Å². The number of nitrogens with zero attached hydrogens (tertiary/aromatic N) is 1. The number of carbonyl (C=O) groups is 1. The van der Waals surface area contributed by atoms with E-state index in [4.69, 9.17) is 0 Å².